The molecule has 0 unspecified atom stereocenters. The molecule has 1 aromatic rings. The van der Waals surface area contributed by atoms with Crippen LogP contribution in [0.2, 0.25) is 0 Å². The van der Waals surface area contributed by atoms with E-state index in [4.69, 9.17) is 9.47 Å². The Balaban J connectivity index is 0.00000529. The molecule has 1 aromatic carbocycles. The number of methoxy groups -OCH3 is 1. The lowest BCUT2D eigenvalue weighted by atomic mass is 10.2. The number of hydrogen-bond donors (Lipinski definition) is 1. The average Bonchev–Trinajstić information content (AvgIpc) is 2.57. The maximum absolute atomic E-state index is 5.54. The lowest BCUT2D eigenvalue weighted by Crippen LogP contribution is -2.38. The second-order valence-electron chi connectivity index (χ2n) is 5.17. The summed E-state index contributed by atoms with van der Waals surface area (Å²) in [5.41, 5.74) is 1.12. The van der Waals surface area contributed by atoms with E-state index in [0.717, 1.165) is 42.4 Å². The number of aliphatic imine (C=N–C) groups is 1. The topological polar surface area (TPSA) is 46.1 Å². The summed E-state index contributed by atoms with van der Waals surface area (Å²) in [5, 5.41) is 3.37. The molecular weight excluding hydrogens is 417 g/mol. The lowest BCUT2D eigenvalue weighted by molar-refractivity contribution is 0.310. The van der Waals surface area contributed by atoms with Crippen LogP contribution in [0.5, 0.6) is 11.5 Å². The Morgan fingerprint density at radius 3 is 2.71 bits per heavy atom. The first-order valence-corrected chi connectivity index (χ1v) is 7.98. The van der Waals surface area contributed by atoms with Crippen molar-refractivity contribution in [2.45, 2.75) is 26.3 Å². The molecular formula is C18H30IN3O2. The maximum Gasteiger partial charge on any atom is 0.193 e. The van der Waals surface area contributed by atoms with Gasteiger partial charge in [0.05, 0.1) is 13.7 Å². The average molecular weight is 447 g/mol. The minimum atomic E-state index is 0. The van der Waals surface area contributed by atoms with Gasteiger partial charge in [0.25, 0.3) is 0 Å². The smallest absolute Gasteiger partial charge is 0.193 e. The SMILES string of the molecule is C=CCCCN(C)C(=NC)NCc1ccc(OCC)c(OC)c1.I. The number of halogens is 1. The van der Waals surface area contributed by atoms with Gasteiger partial charge in [0.2, 0.25) is 0 Å². The van der Waals surface area contributed by atoms with Crippen LogP contribution in [0.4, 0.5) is 0 Å². The first kappa shape index (κ1) is 22.6. The van der Waals surface area contributed by atoms with E-state index in [0.29, 0.717) is 13.2 Å². The van der Waals surface area contributed by atoms with Gasteiger partial charge in [-0.25, -0.2) is 0 Å². The number of ether oxygens (including phenoxy) is 2. The Hall–Kier alpha value is -1.44. The van der Waals surface area contributed by atoms with Gasteiger partial charge in [-0.1, -0.05) is 12.1 Å². The van der Waals surface area contributed by atoms with Crippen LogP contribution in [-0.2, 0) is 6.54 Å². The molecule has 0 aliphatic rings. The highest BCUT2D eigenvalue weighted by atomic mass is 127. The van der Waals surface area contributed by atoms with Gasteiger partial charge in [-0.15, -0.1) is 30.6 Å². The number of guanidine groups is 1. The first-order chi connectivity index (χ1) is 11.2. The number of nitrogens with one attached hydrogen (secondary N) is 1. The largest absolute Gasteiger partial charge is 0.493 e. The molecule has 1 N–H and O–H groups in total. The standard InChI is InChI=1S/C18H29N3O2.HI/c1-6-8-9-12-21(4)18(19-3)20-14-15-10-11-16(23-7-2)17(13-15)22-5;/h6,10-11,13H,1,7-9,12,14H2,2-5H3,(H,19,20);1H. The quantitative estimate of drug-likeness (QED) is 0.206. The van der Waals surface area contributed by atoms with E-state index >= 15 is 0 Å². The molecule has 0 aliphatic heterocycles. The van der Waals surface area contributed by atoms with Crippen molar-refractivity contribution in [3.63, 3.8) is 0 Å². The van der Waals surface area contributed by atoms with E-state index in [2.05, 4.69) is 21.8 Å². The zero-order chi connectivity index (χ0) is 17.1. The molecule has 5 nitrogen and oxygen atoms in total. The molecule has 136 valence electrons. The molecule has 0 saturated carbocycles. The van der Waals surface area contributed by atoms with Crippen molar-refractivity contribution in [2.24, 2.45) is 4.99 Å². The second kappa shape index (κ2) is 12.9. The molecule has 0 saturated heterocycles. The van der Waals surface area contributed by atoms with Crippen molar-refractivity contribution in [3.8, 4) is 11.5 Å². The van der Waals surface area contributed by atoms with Crippen LogP contribution in [0.25, 0.3) is 0 Å². The maximum atomic E-state index is 5.54. The molecule has 0 spiro atoms. The van der Waals surface area contributed by atoms with Crippen molar-refractivity contribution in [3.05, 3.63) is 36.4 Å². The van der Waals surface area contributed by atoms with Crippen LogP contribution >= 0.6 is 24.0 Å². The van der Waals surface area contributed by atoms with Gasteiger partial charge < -0.3 is 19.7 Å². The summed E-state index contributed by atoms with van der Waals surface area (Å²) in [5.74, 6) is 2.40. The summed E-state index contributed by atoms with van der Waals surface area (Å²) in [7, 11) is 5.49. The van der Waals surface area contributed by atoms with E-state index in [1.165, 1.54) is 0 Å². The van der Waals surface area contributed by atoms with E-state index in [-0.39, 0.29) is 24.0 Å². The molecule has 0 bridgehead atoms. The minimum absolute atomic E-state index is 0. The number of benzene rings is 1. The summed E-state index contributed by atoms with van der Waals surface area (Å²) in [6.45, 7) is 7.95. The number of allylic oxidation sites excluding steroid dienone is 1. The normalized spacial score (nSPS) is 10.6. The van der Waals surface area contributed by atoms with Crippen LogP contribution in [0.3, 0.4) is 0 Å². The predicted molar refractivity (Wildman–Crippen MR) is 112 cm³/mol. The fourth-order valence-corrected chi connectivity index (χ4v) is 2.24. The fourth-order valence-electron chi connectivity index (χ4n) is 2.24. The van der Waals surface area contributed by atoms with Crippen LogP contribution in [-0.4, -0.2) is 45.2 Å². The Labute approximate surface area is 163 Å². The highest BCUT2D eigenvalue weighted by Gasteiger charge is 2.08. The van der Waals surface area contributed by atoms with Gasteiger partial charge in [-0.3, -0.25) is 4.99 Å². The van der Waals surface area contributed by atoms with Crippen molar-refractivity contribution in [1.29, 1.82) is 0 Å². The molecule has 0 aromatic heterocycles. The highest BCUT2D eigenvalue weighted by molar-refractivity contribution is 14.0. The van der Waals surface area contributed by atoms with E-state index in [1.54, 1.807) is 14.2 Å². The van der Waals surface area contributed by atoms with Crippen molar-refractivity contribution < 1.29 is 9.47 Å². The molecule has 0 heterocycles. The van der Waals surface area contributed by atoms with Gasteiger partial charge in [0.15, 0.2) is 17.5 Å². The number of nitrogens with zero attached hydrogens (tertiary/aromatic N) is 2. The summed E-state index contributed by atoms with van der Waals surface area (Å²) >= 11 is 0. The predicted octanol–water partition coefficient (Wildman–Crippen LogP) is 3.69. The molecule has 1 rings (SSSR count). The number of unbranched alkanes of at least 4 members (excludes halogenated alkanes) is 1. The molecule has 0 fully saturated rings. The van der Waals surface area contributed by atoms with E-state index in [9.17, 15) is 0 Å². The molecule has 24 heavy (non-hydrogen) atoms. The van der Waals surface area contributed by atoms with Crippen molar-refractivity contribution in [1.82, 2.24) is 10.2 Å². The Bertz CT molecular complexity index is 521. The number of rotatable bonds is 9. The number of hydrogen-bond acceptors (Lipinski definition) is 3. The van der Waals surface area contributed by atoms with Gasteiger partial charge in [0, 0.05) is 27.2 Å². The van der Waals surface area contributed by atoms with E-state index < -0.39 is 0 Å². The molecule has 0 atom stereocenters. The van der Waals surface area contributed by atoms with Crippen LogP contribution in [0.15, 0.2) is 35.8 Å². The van der Waals surface area contributed by atoms with Crippen LogP contribution in [0, 0.1) is 0 Å². The van der Waals surface area contributed by atoms with Crippen molar-refractivity contribution >= 4 is 29.9 Å². The molecule has 0 aliphatic carbocycles. The van der Waals surface area contributed by atoms with Gasteiger partial charge in [-0.2, -0.15) is 0 Å². The highest BCUT2D eigenvalue weighted by Crippen LogP contribution is 2.27. The third kappa shape index (κ3) is 7.42. The summed E-state index contributed by atoms with van der Waals surface area (Å²) in [6, 6.07) is 5.96. The summed E-state index contributed by atoms with van der Waals surface area (Å²) in [4.78, 5) is 6.44. The summed E-state index contributed by atoms with van der Waals surface area (Å²) < 4.78 is 10.9. The second-order valence-corrected chi connectivity index (χ2v) is 5.17. The van der Waals surface area contributed by atoms with Crippen molar-refractivity contribution in [2.75, 3.05) is 34.4 Å². The minimum Gasteiger partial charge on any atom is -0.493 e. The third-order valence-corrected chi connectivity index (χ3v) is 3.45. The van der Waals surface area contributed by atoms with Gasteiger partial charge in [0.1, 0.15) is 0 Å². The lowest BCUT2D eigenvalue weighted by Gasteiger charge is -2.22. The van der Waals surface area contributed by atoms with Gasteiger partial charge in [-0.05, 0) is 37.5 Å². The monoisotopic (exact) mass is 447 g/mol. The fraction of sp³-hybridized carbons (Fsp3) is 0.500. The Kier molecular flexibility index (Phi) is 12.1. The van der Waals surface area contributed by atoms with Gasteiger partial charge >= 0.3 is 0 Å². The first-order valence-electron chi connectivity index (χ1n) is 7.98. The molecule has 0 radical (unpaired) electrons. The molecule has 6 heteroatoms. The zero-order valence-electron chi connectivity index (χ0n) is 15.2. The Morgan fingerprint density at radius 1 is 1.38 bits per heavy atom. The zero-order valence-corrected chi connectivity index (χ0v) is 17.5. The van der Waals surface area contributed by atoms with Crippen LogP contribution in [0.1, 0.15) is 25.3 Å². The van der Waals surface area contributed by atoms with E-state index in [1.807, 2.05) is 38.2 Å². The third-order valence-electron chi connectivity index (χ3n) is 3.45. The molecule has 0 amide bonds. The Morgan fingerprint density at radius 2 is 2.12 bits per heavy atom. The van der Waals surface area contributed by atoms with Crippen LogP contribution < -0.4 is 14.8 Å². The summed E-state index contributed by atoms with van der Waals surface area (Å²) in [6.07, 6.45) is 4.02.